The van der Waals surface area contributed by atoms with Crippen LogP contribution in [0.2, 0.25) is 0 Å². The lowest BCUT2D eigenvalue weighted by atomic mass is 10.1. The van der Waals surface area contributed by atoms with Gasteiger partial charge in [-0.2, -0.15) is 0 Å². The Balaban J connectivity index is 0.00000768. The molecule has 3 rings (SSSR count). The molecule has 1 atom stereocenters. The van der Waals surface area contributed by atoms with Crippen molar-refractivity contribution in [2.45, 2.75) is 46.3 Å². The molecule has 2 N–H and O–H groups in total. The molecule has 13 heteroatoms. The van der Waals surface area contributed by atoms with Crippen molar-refractivity contribution in [3.05, 3.63) is 59.2 Å². The van der Waals surface area contributed by atoms with E-state index >= 15 is 0 Å². The first-order valence-corrected chi connectivity index (χ1v) is 14.7. The Labute approximate surface area is 281 Å². The largest absolute Gasteiger partial charge is 0.493 e. The van der Waals surface area contributed by atoms with Crippen LogP contribution in [0.3, 0.4) is 0 Å². The van der Waals surface area contributed by atoms with Crippen molar-refractivity contribution in [3.8, 4) is 46.0 Å². The summed E-state index contributed by atoms with van der Waals surface area (Å²) in [5.74, 6) is -0.0577. The van der Waals surface area contributed by atoms with Crippen molar-refractivity contribution in [1.82, 2.24) is 5.32 Å². The third-order valence-electron chi connectivity index (χ3n) is 6.55. The number of hydrogen-bond acceptors (Lipinski definition) is 12. The van der Waals surface area contributed by atoms with Crippen LogP contribution < -0.4 is 43.2 Å². The third-order valence-corrected chi connectivity index (χ3v) is 6.55. The molecule has 12 nitrogen and oxygen atoms in total. The Morgan fingerprint density at radius 1 is 0.681 bits per heavy atom. The lowest BCUT2D eigenvalue weighted by molar-refractivity contribution is 0.0680. The second kappa shape index (κ2) is 17.5. The van der Waals surface area contributed by atoms with E-state index in [9.17, 15) is 14.7 Å². The fourth-order valence-corrected chi connectivity index (χ4v) is 4.30. The molecular weight excluding hydrogens is 634 g/mol. The standard InChI is InChI=1S/C34H43NO11.ClH/c1-10-43-30-26(39-6)15-21(16-27(30)40-7)32(37)45-24-13-12-20(23(36)19-35-34(3,4)5)14-25(24)46-33(38)22-17-28(41-8)31(44-11-2)29(18-22)42-9;/h12-18,23,35-36H,10-11,19H2,1-9H3;1H. The molecule has 0 radical (unpaired) electrons. The Hall–Kier alpha value is -4.39. The summed E-state index contributed by atoms with van der Waals surface area (Å²) < 4.78 is 44.4. The van der Waals surface area contributed by atoms with Crippen LogP contribution in [-0.2, 0) is 0 Å². The summed E-state index contributed by atoms with van der Waals surface area (Å²) in [4.78, 5) is 26.9. The van der Waals surface area contributed by atoms with Gasteiger partial charge in [0.25, 0.3) is 0 Å². The molecule has 0 heterocycles. The number of aliphatic hydroxyl groups is 1. The van der Waals surface area contributed by atoms with Crippen LogP contribution in [0.15, 0.2) is 42.5 Å². The van der Waals surface area contributed by atoms with E-state index in [0.29, 0.717) is 30.3 Å². The van der Waals surface area contributed by atoms with Gasteiger partial charge in [-0.3, -0.25) is 0 Å². The number of carbonyl (C=O) groups is 2. The number of hydrogen-bond donors (Lipinski definition) is 2. The number of β-amino-alcohol motifs (C(OH)–C–C–N with tert-alkyl or cyclic N) is 1. The molecule has 0 aliphatic heterocycles. The molecule has 3 aromatic carbocycles. The maximum Gasteiger partial charge on any atom is 0.343 e. The van der Waals surface area contributed by atoms with Gasteiger partial charge in [0.2, 0.25) is 11.5 Å². The number of halogens is 1. The van der Waals surface area contributed by atoms with Gasteiger partial charge in [-0.1, -0.05) is 6.07 Å². The summed E-state index contributed by atoms with van der Waals surface area (Å²) in [6.45, 7) is 10.4. The van der Waals surface area contributed by atoms with E-state index in [4.69, 9.17) is 37.9 Å². The number of benzene rings is 3. The summed E-state index contributed by atoms with van der Waals surface area (Å²) in [7, 11) is 5.75. The van der Waals surface area contributed by atoms with Crippen LogP contribution in [0, 0.1) is 0 Å². The van der Waals surface area contributed by atoms with E-state index in [2.05, 4.69) is 5.32 Å². The maximum absolute atomic E-state index is 13.5. The van der Waals surface area contributed by atoms with Crippen LogP contribution in [-0.4, -0.2) is 70.8 Å². The third kappa shape index (κ3) is 10.0. The first kappa shape index (κ1) is 38.8. The van der Waals surface area contributed by atoms with Gasteiger partial charge >= 0.3 is 11.9 Å². The quantitative estimate of drug-likeness (QED) is 0.148. The molecule has 0 aromatic heterocycles. The number of carbonyl (C=O) groups excluding carboxylic acids is 2. The molecule has 0 aliphatic rings. The monoisotopic (exact) mass is 677 g/mol. The Morgan fingerprint density at radius 2 is 1.09 bits per heavy atom. The number of ether oxygens (including phenoxy) is 8. The van der Waals surface area contributed by atoms with Gasteiger partial charge in [0.05, 0.1) is 58.9 Å². The number of nitrogens with one attached hydrogen (secondary N) is 1. The minimum atomic E-state index is -0.966. The molecule has 0 aliphatic carbocycles. The average Bonchev–Trinajstić information content (AvgIpc) is 3.04. The minimum absolute atomic E-state index is 0. The Kier molecular flexibility index (Phi) is 14.4. The van der Waals surface area contributed by atoms with Crippen LogP contribution in [0.5, 0.6) is 46.0 Å². The van der Waals surface area contributed by atoms with Crippen molar-refractivity contribution in [2.24, 2.45) is 0 Å². The summed E-state index contributed by atoms with van der Waals surface area (Å²) in [5.41, 5.74) is 0.340. The summed E-state index contributed by atoms with van der Waals surface area (Å²) in [6, 6.07) is 10.3. The molecule has 0 amide bonds. The van der Waals surface area contributed by atoms with Crippen LogP contribution in [0.4, 0.5) is 0 Å². The van der Waals surface area contributed by atoms with Gasteiger partial charge in [-0.05, 0) is 76.6 Å². The first-order valence-electron chi connectivity index (χ1n) is 14.7. The number of rotatable bonds is 15. The highest BCUT2D eigenvalue weighted by molar-refractivity contribution is 5.95. The fourth-order valence-electron chi connectivity index (χ4n) is 4.30. The first-order chi connectivity index (χ1) is 21.9. The van der Waals surface area contributed by atoms with Crippen molar-refractivity contribution in [3.63, 3.8) is 0 Å². The average molecular weight is 678 g/mol. The molecule has 47 heavy (non-hydrogen) atoms. The lowest BCUT2D eigenvalue weighted by Crippen LogP contribution is -2.38. The van der Waals surface area contributed by atoms with Gasteiger partial charge in [-0.25, -0.2) is 9.59 Å². The Morgan fingerprint density at radius 3 is 1.45 bits per heavy atom. The topological polar surface area (TPSA) is 140 Å². The zero-order valence-electron chi connectivity index (χ0n) is 28.2. The van der Waals surface area contributed by atoms with Crippen LogP contribution >= 0.6 is 12.4 Å². The van der Waals surface area contributed by atoms with Gasteiger partial charge in [0.1, 0.15) is 0 Å². The van der Waals surface area contributed by atoms with E-state index in [0.717, 1.165) is 0 Å². The van der Waals surface area contributed by atoms with E-state index < -0.39 is 18.0 Å². The zero-order chi connectivity index (χ0) is 34.0. The van der Waals surface area contributed by atoms with E-state index in [1.807, 2.05) is 34.6 Å². The predicted octanol–water partition coefficient (Wildman–Crippen LogP) is 5.80. The highest BCUT2D eigenvalue weighted by Gasteiger charge is 2.24. The fraction of sp³-hybridized carbons (Fsp3) is 0.412. The summed E-state index contributed by atoms with van der Waals surface area (Å²) in [5, 5.41) is 14.1. The molecular formula is C34H44ClNO11. The van der Waals surface area contributed by atoms with Gasteiger partial charge in [0.15, 0.2) is 34.5 Å². The van der Waals surface area contributed by atoms with Crippen molar-refractivity contribution in [2.75, 3.05) is 48.2 Å². The van der Waals surface area contributed by atoms with Crippen molar-refractivity contribution >= 4 is 24.3 Å². The van der Waals surface area contributed by atoms with E-state index in [1.165, 1.54) is 64.8 Å². The van der Waals surface area contributed by atoms with Crippen LogP contribution in [0.25, 0.3) is 0 Å². The minimum Gasteiger partial charge on any atom is -0.493 e. The van der Waals surface area contributed by atoms with Crippen molar-refractivity contribution < 1.29 is 52.6 Å². The molecule has 1 unspecified atom stereocenters. The summed E-state index contributed by atoms with van der Waals surface area (Å²) >= 11 is 0. The highest BCUT2D eigenvalue weighted by atomic mass is 35.5. The predicted molar refractivity (Wildman–Crippen MR) is 178 cm³/mol. The molecule has 0 saturated carbocycles. The number of methoxy groups -OCH3 is 4. The molecule has 0 bridgehead atoms. The molecule has 3 aromatic rings. The van der Waals surface area contributed by atoms with E-state index in [-0.39, 0.29) is 70.1 Å². The van der Waals surface area contributed by atoms with Crippen molar-refractivity contribution in [1.29, 1.82) is 0 Å². The molecule has 0 spiro atoms. The summed E-state index contributed by atoms with van der Waals surface area (Å²) in [6.07, 6.45) is -0.966. The highest BCUT2D eigenvalue weighted by Crippen LogP contribution is 2.41. The molecule has 0 saturated heterocycles. The van der Waals surface area contributed by atoms with Crippen LogP contribution in [0.1, 0.15) is 67.0 Å². The smallest absolute Gasteiger partial charge is 0.343 e. The maximum atomic E-state index is 13.5. The van der Waals surface area contributed by atoms with Gasteiger partial charge in [0, 0.05) is 12.1 Å². The normalized spacial score (nSPS) is 11.4. The number of aliphatic hydroxyl groups excluding tert-OH is 1. The Bertz CT molecular complexity index is 1470. The second-order valence-electron chi connectivity index (χ2n) is 10.9. The van der Waals surface area contributed by atoms with Gasteiger partial charge < -0.3 is 48.3 Å². The second-order valence-corrected chi connectivity index (χ2v) is 10.9. The number of esters is 2. The SMILES string of the molecule is CCOc1c(OC)cc(C(=O)Oc2ccc(C(O)CNC(C)(C)C)cc2OC(=O)c2cc(OC)c(OCC)c(OC)c2)cc1OC.Cl. The van der Waals surface area contributed by atoms with Gasteiger partial charge in [-0.15, -0.1) is 12.4 Å². The molecule has 258 valence electrons. The zero-order valence-corrected chi connectivity index (χ0v) is 29.0. The van der Waals surface area contributed by atoms with E-state index in [1.54, 1.807) is 6.07 Å². The lowest BCUT2D eigenvalue weighted by Gasteiger charge is -2.23. The molecule has 0 fully saturated rings.